The van der Waals surface area contributed by atoms with Gasteiger partial charge in [0.15, 0.2) is 0 Å². The van der Waals surface area contributed by atoms with E-state index in [9.17, 15) is 18.5 Å². The first-order valence-electron chi connectivity index (χ1n) is 5.74. The zero-order chi connectivity index (χ0) is 14.8. The molecular weight excluding hydrogens is 286 g/mol. The summed E-state index contributed by atoms with van der Waals surface area (Å²) in [4.78, 5) is 12.6. The molecule has 1 aromatic rings. The lowest BCUT2D eigenvalue weighted by atomic mass is 10.3. The highest BCUT2D eigenvalue weighted by atomic mass is 32.2. The van der Waals surface area contributed by atoms with Crippen molar-refractivity contribution in [2.45, 2.75) is 17.4 Å². The van der Waals surface area contributed by atoms with Gasteiger partial charge in [-0.3, -0.25) is 10.1 Å². The molecule has 0 N–H and O–H groups in total. The summed E-state index contributed by atoms with van der Waals surface area (Å²) in [5.41, 5.74) is 8.06. The lowest BCUT2D eigenvalue weighted by molar-refractivity contribution is -0.385. The van der Waals surface area contributed by atoms with Crippen LogP contribution in [0.5, 0.6) is 0 Å². The molecule has 1 atom stereocenters. The van der Waals surface area contributed by atoms with Gasteiger partial charge < -0.3 is 0 Å². The Morgan fingerprint density at radius 3 is 2.90 bits per heavy atom. The van der Waals surface area contributed by atoms with Crippen LogP contribution in [0.2, 0.25) is 0 Å². The standard InChI is InChI=1S/C10H11N5O4S/c11-13-12-8-4-5-14(7-8)20(18,19)10-3-1-2-9(6-10)15(16)17/h1-3,6,8H,4-5,7H2. The number of hydrogen-bond donors (Lipinski definition) is 0. The Hall–Kier alpha value is -2.16. The smallest absolute Gasteiger partial charge is 0.258 e. The maximum atomic E-state index is 12.3. The molecule has 10 heteroatoms. The predicted molar refractivity (Wildman–Crippen MR) is 69.4 cm³/mol. The van der Waals surface area contributed by atoms with E-state index < -0.39 is 21.0 Å². The van der Waals surface area contributed by atoms with Crippen molar-refractivity contribution in [1.82, 2.24) is 4.31 Å². The molecule has 0 saturated carbocycles. The molecular formula is C10H11N5O4S. The van der Waals surface area contributed by atoms with E-state index in [1.807, 2.05) is 0 Å². The van der Waals surface area contributed by atoms with Crippen LogP contribution >= 0.6 is 0 Å². The van der Waals surface area contributed by atoms with Gasteiger partial charge in [-0.05, 0) is 18.0 Å². The van der Waals surface area contributed by atoms with Crippen molar-refractivity contribution >= 4 is 15.7 Å². The second-order valence-electron chi connectivity index (χ2n) is 4.26. The van der Waals surface area contributed by atoms with E-state index in [0.717, 1.165) is 6.07 Å². The summed E-state index contributed by atoms with van der Waals surface area (Å²) >= 11 is 0. The summed E-state index contributed by atoms with van der Waals surface area (Å²) in [5, 5.41) is 14.2. The van der Waals surface area contributed by atoms with Gasteiger partial charge in [0, 0.05) is 30.1 Å². The van der Waals surface area contributed by atoms with Crippen LogP contribution in [0, 0.1) is 10.1 Å². The van der Waals surface area contributed by atoms with Gasteiger partial charge in [0.1, 0.15) is 0 Å². The van der Waals surface area contributed by atoms with E-state index in [1.54, 1.807) is 0 Å². The third-order valence-corrected chi connectivity index (χ3v) is 4.87. The number of azide groups is 1. The third-order valence-electron chi connectivity index (χ3n) is 3.01. The fourth-order valence-corrected chi connectivity index (χ4v) is 3.54. The first-order chi connectivity index (χ1) is 9.45. The maximum Gasteiger partial charge on any atom is 0.270 e. The minimum Gasteiger partial charge on any atom is -0.258 e. The number of sulfonamides is 1. The van der Waals surface area contributed by atoms with E-state index in [4.69, 9.17) is 5.53 Å². The zero-order valence-corrected chi connectivity index (χ0v) is 11.1. The molecule has 1 fully saturated rings. The van der Waals surface area contributed by atoms with Crippen molar-refractivity contribution in [2.75, 3.05) is 13.1 Å². The molecule has 0 aromatic heterocycles. The maximum absolute atomic E-state index is 12.3. The number of benzene rings is 1. The normalized spacial score (nSPS) is 19.5. The first kappa shape index (κ1) is 14.3. The fraction of sp³-hybridized carbons (Fsp3) is 0.400. The largest absolute Gasteiger partial charge is 0.270 e. The van der Waals surface area contributed by atoms with E-state index in [-0.39, 0.29) is 23.7 Å². The van der Waals surface area contributed by atoms with Crippen LogP contribution in [0.1, 0.15) is 6.42 Å². The van der Waals surface area contributed by atoms with Crippen LogP contribution in [-0.2, 0) is 10.0 Å². The molecule has 0 aliphatic carbocycles. The van der Waals surface area contributed by atoms with Crippen LogP contribution in [0.15, 0.2) is 34.3 Å². The fourth-order valence-electron chi connectivity index (χ4n) is 2.00. The van der Waals surface area contributed by atoms with E-state index >= 15 is 0 Å². The minimum absolute atomic E-state index is 0.0923. The molecule has 0 spiro atoms. The zero-order valence-electron chi connectivity index (χ0n) is 10.3. The van der Waals surface area contributed by atoms with Gasteiger partial charge in [0.05, 0.1) is 15.9 Å². The molecule has 1 unspecified atom stereocenters. The summed E-state index contributed by atoms with van der Waals surface area (Å²) in [6.45, 7) is 0.323. The van der Waals surface area contributed by atoms with Crippen LogP contribution in [0.4, 0.5) is 5.69 Å². The lowest BCUT2D eigenvalue weighted by Crippen LogP contribution is -2.29. The Bertz CT molecular complexity index is 683. The summed E-state index contributed by atoms with van der Waals surface area (Å²) < 4.78 is 25.8. The van der Waals surface area contributed by atoms with E-state index in [0.29, 0.717) is 6.42 Å². The van der Waals surface area contributed by atoms with Crippen LogP contribution < -0.4 is 0 Å². The lowest BCUT2D eigenvalue weighted by Gasteiger charge is -2.15. The average Bonchev–Trinajstić information content (AvgIpc) is 2.88. The molecule has 1 heterocycles. The van der Waals surface area contributed by atoms with Gasteiger partial charge in [-0.1, -0.05) is 11.2 Å². The summed E-state index contributed by atoms with van der Waals surface area (Å²) in [6.07, 6.45) is 0.443. The van der Waals surface area contributed by atoms with Gasteiger partial charge in [-0.25, -0.2) is 8.42 Å². The SMILES string of the molecule is [N-]=[N+]=NC1CCN(S(=O)(=O)c2cccc([N+](=O)[O-])c2)C1. The molecule has 0 radical (unpaired) electrons. The van der Waals surface area contributed by atoms with Crippen molar-refractivity contribution in [3.05, 3.63) is 44.8 Å². The molecule has 1 saturated heterocycles. The van der Waals surface area contributed by atoms with Crippen molar-refractivity contribution in [1.29, 1.82) is 0 Å². The van der Waals surface area contributed by atoms with Crippen LogP contribution in [0.25, 0.3) is 10.4 Å². The Morgan fingerprint density at radius 2 is 2.25 bits per heavy atom. The monoisotopic (exact) mass is 297 g/mol. The highest BCUT2D eigenvalue weighted by molar-refractivity contribution is 7.89. The minimum atomic E-state index is -3.80. The Morgan fingerprint density at radius 1 is 1.50 bits per heavy atom. The van der Waals surface area contributed by atoms with Crippen molar-refractivity contribution in [2.24, 2.45) is 5.11 Å². The highest BCUT2D eigenvalue weighted by Gasteiger charge is 2.32. The number of nitro groups is 1. The molecule has 0 amide bonds. The molecule has 1 aliphatic rings. The highest BCUT2D eigenvalue weighted by Crippen LogP contribution is 2.25. The number of non-ortho nitro benzene ring substituents is 1. The molecule has 9 nitrogen and oxygen atoms in total. The third kappa shape index (κ3) is 2.72. The molecule has 2 rings (SSSR count). The van der Waals surface area contributed by atoms with E-state index in [1.165, 1.54) is 22.5 Å². The van der Waals surface area contributed by atoms with E-state index in [2.05, 4.69) is 10.0 Å². The van der Waals surface area contributed by atoms with Crippen molar-refractivity contribution in [3.63, 3.8) is 0 Å². The van der Waals surface area contributed by atoms with Gasteiger partial charge in [-0.15, -0.1) is 0 Å². The number of hydrogen-bond acceptors (Lipinski definition) is 5. The summed E-state index contributed by atoms with van der Waals surface area (Å²) in [5.74, 6) is 0. The second-order valence-corrected chi connectivity index (χ2v) is 6.20. The summed E-state index contributed by atoms with van der Waals surface area (Å²) in [6, 6.07) is 4.49. The van der Waals surface area contributed by atoms with Gasteiger partial charge in [0.25, 0.3) is 5.69 Å². The van der Waals surface area contributed by atoms with Crippen molar-refractivity contribution in [3.8, 4) is 0 Å². The topological polar surface area (TPSA) is 129 Å². The number of rotatable bonds is 4. The van der Waals surface area contributed by atoms with Crippen LogP contribution in [0.3, 0.4) is 0 Å². The predicted octanol–water partition coefficient (Wildman–Crippen LogP) is 1.67. The van der Waals surface area contributed by atoms with Gasteiger partial charge in [0.2, 0.25) is 10.0 Å². The molecule has 1 aromatic carbocycles. The molecule has 20 heavy (non-hydrogen) atoms. The Kier molecular flexibility index (Phi) is 3.89. The van der Waals surface area contributed by atoms with Crippen molar-refractivity contribution < 1.29 is 13.3 Å². The molecule has 0 bridgehead atoms. The second kappa shape index (κ2) is 5.45. The summed E-state index contributed by atoms with van der Waals surface area (Å²) in [7, 11) is -3.80. The van der Waals surface area contributed by atoms with Crippen LogP contribution in [-0.4, -0.2) is 36.8 Å². The first-order valence-corrected chi connectivity index (χ1v) is 7.18. The van der Waals surface area contributed by atoms with Gasteiger partial charge >= 0.3 is 0 Å². The molecule has 1 aliphatic heterocycles. The van der Waals surface area contributed by atoms with Gasteiger partial charge in [-0.2, -0.15) is 4.31 Å². The average molecular weight is 297 g/mol. The Labute approximate surface area is 114 Å². The quantitative estimate of drug-likeness (QED) is 0.275. The number of nitro benzene ring substituents is 1. The Balaban J connectivity index is 2.29. The number of nitrogens with zero attached hydrogens (tertiary/aromatic N) is 5. The molecule has 106 valence electrons.